The zero-order valence-electron chi connectivity index (χ0n) is 25.3. The summed E-state index contributed by atoms with van der Waals surface area (Å²) in [7, 11) is 3.41. The van der Waals surface area contributed by atoms with Gasteiger partial charge in [-0.3, -0.25) is 24.2 Å². The van der Waals surface area contributed by atoms with Gasteiger partial charge >= 0.3 is 6.18 Å². The lowest BCUT2D eigenvalue weighted by Crippen LogP contribution is -2.56. The topological polar surface area (TPSA) is 101 Å². The number of aliphatic hydroxyl groups is 1. The predicted molar refractivity (Wildman–Crippen MR) is 164 cm³/mol. The number of aromatic nitrogens is 1. The van der Waals surface area contributed by atoms with E-state index >= 15 is 0 Å². The third kappa shape index (κ3) is 6.38. The van der Waals surface area contributed by atoms with E-state index in [1.165, 1.54) is 17.9 Å². The van der Waals surface area contributed by atoms with Gasteiger partial charge in [-0.25, -0.2) is 4.98 Å². The summed E-state index contributed by atoms with van der Waals surface area (Å²) in [6.45, 7) is 6.76. The minimum absolute atomic E-state index is 0.0720. The average molecular weight is 649 g/mol. The maximum atomic E-state index is 14.0. The highest BCUT2D eigenvalue weighted by Crippen LogP contribution is 2.43. The van der Waals surface area contributed by atoms with Crippen LogP contribution in [0.4, 0.5) is 30.4 Å². The van der Waals surface area contributed by atoms with E-state index < -0.39 is 41.6 Å². The fourth-order valence-corrected chi connectivity index (χ4v) is 6.88. The lowest BCUT2D eigenvalue weighted by Gasteiger charge is -2.42. The van der Waals surface area contributed by atoms with Gasteiger partial charge in [0.05, 0.1) is 34.1 Å². The van der Waals surface area contributed by atoms with E-state index in [4.69, 9.17) is 11.6 Å². The van der Waals surface area contributed by atoms with Gasteiger partial charge < -0.3 is 19.8 Å². The summed E-state index contributed by atoms with van der Waals surface area (Å²) in [5, 5.41) is 11.2. The standard InChI is InChI=1S/C31H36ClF3N6O4/c1-5-26(43)39-10-9-24(42)23(17-39)37(3)11-12-40-16-19-14-27(44)41(25-15-20(31(33,34)35)13-18(2)36-25)28(19)30(45)38(4)22-8-6-7-21(32)29(22)40/h5-8,13,15,19,23-24,28,42H,1,9-12,14,16-17H2,2-4H3/t19-,23-,24-,28+/m1/s1. The van der Waals surface area contributed by atoms with Crippen LogP contribution in [-0.2, 0) is 20.6 Å². The minimum atomic E-state index is -4.66. The Hall–Kier alpha value is -3.68. The van der Waals surface area contributed by atoms with Crippen molar-refractivity contribution in [3.8, 4) is 0 Å². The fourth-order valence-electron chi connectivity index (χ4n) is 6.59. The number of anilines is 3. The van der Waals surface area contributed by atoms with Crippen LogP contribution < -0.4 is 14.7 Å². The van der Waals surface area contributed by atoms with Crippen molar-refractivity contribution >= 4 is 46.5 Å². The Morgan fingerprint density at radius 1 is 1.24 bits per heavy atom. The third-order valence-electron chi connectivity index (χ3n) is 8.95. The zero-order valence-corrected chi connectivity index (χ0v) is 26.1. The number of pyridine rings is 1. The van der Waals surface area contributed by atoms with E-state index in [2.05, 4.69) is 11.6 Å². The second-order valence-electron chi connectivity index (χ2n) is 11.9. The predicted octanol–water partition coefficient (Wildman–Crippen LogP) is 3.35. The first-order chi connectivity index (χ1) is 21.2. The monoisotopic (exact) mass is 648 g/mol. The molecule has 0 saturated carbocycles. The highest BCUT2D eigenvalue weighted by molar-refractivity contribution is 6.34. The van der Waals surface area contributed by atoms with Crippen molar-refractivity contribution in [3.05, 3.63) is 59.3 Å². The first kappa shape index (κ1) is 32.7. The molecule has 2 aromatic rings. The molecule has 0 aliphatic carbocycles. The highest BCUT2D eigenvalue weighted by atomic mass is 35.5. The summed E-state index contributed by atoms with van der Waals surface area (Å²) >= 11 is 6.73. The lowest BCUT2D eigenvalue weighted by atomic mass is 9.95. The Kier molecular flexibility index (Phi) is 9.16. The Morgan fingerprint density at radius 2 is 1.98 bits per heavy atom. The molecule has 0 radical (unpaired) electrons. The maximum absolute atomic E-state index is 14.0. The molecule has 3 aliphatic rings. The molecule has 0 unspecified atom stereocenters. The first-order valence-corrected chi connectivity index (χ1v) is 15.1. The molecule has 14 heteroatoms. The van der Waals surface area contributed by atoms with Crippen molar-refractivity contribution < 1.29 is 32.7 Å². The lowest BCUT2D eigenvalue weighted by molar-refractivity contribution is -0.137. The molecule has 10 nitrogen and oxygen atoms in total. The van der Waals surface area contributed by atoms with Gasteiger partial charge in [0, 0.05) is 57.8 Å². The molecule has 4 heterocycles. The molecule has 242 valence electrons. The van der Waals surface area contributed by atoms with Gasteiger partial charge in [0.25, 0.3) is 0 Å². The molecule has 1 aromatic heterocycles. The van der Waals surface area contributed by atoms with Crippen LogP contribution in [0.2, 0.25) is 5.02 Å². The number of para-hydroxylation sites is 1. The van der Waals surface area contributed by atoms with Crippen molar-refractivity contribution in [1.82, 2.24) is 14.8 Å². The molecule has 1 aromatic carbocycles. The van der Waals surface area contributed by atoms with Crippen LogP contribution in [0.15, 0.2) is 43.0 Å². The van der Waals surface area contributed by atoms with Crippen molar-refractivity contribution in [1.29, 1.82) is 0 Å². The van der Waals surface area contributed by atoms with E-state index in [0.717, 1.165) is 17.0 Å². The van der Waals surface area contributed by atoms with Gasteiger partial charge in [-0.1, -0.05) is 24.2 Å². The smallest absolute Gasteiger partial charge is 0.391 e. The van der Waals surface area contributed by atoms with Gasteiger partial charge in [0.1, 0.15) is 11.9 Å². The molecule has 2 saturated heterocycles. The number of alkyl halides is 3. The number of carbonyl (C=O) groups excluding carboxylic acids is 3. The number of piperidine rings is 1. The van der Waals surface area contributed by atoms with Crippen molar-refractivity contribution in [3.63, 3.8) is 0 Å². The largest absolute Gasteiger partial charge is 0.416 e. The molecular formula is C31H36ClF3N6O4. The van der Waals surface area contributed by atoms with Gasteiger partial charge in [-0.05, 0) is 50.7 Å². The maximum Gasteiger partial charge on any atom is 0.416 e. The second kappa shape index (κ2) is 12.6. The quantitative estimate of drug-likeness (QED) is 0.480. The molecule has 0 spiro atoms. The van der Waals surface area contributed by atoms with Crippen LogP contribution in [0.25, 0.3) is 0 Å². The molecular weight excluding hydrogens is 613 g/mol. The van der Waals surface area contributed by atoms with Crippen LogP contribution >= 0.6 is 11.6 Å². The molecule has 3 amide bonds. The Labute approximate surface area is 264 Å². The Balaban J connectivity index is 1.47. The molecule has 1 N–H and O–H groups in total. The first-order valence-electron chi connectivity index (χ1n) is 14.7. The molecule has 4 atom stereocenters. The van der Waals surface area contributed by atoms with Crippen LogP contribution in [0.3, 0.4) is 0 Å². The van der Waals surface area contributed by atoms with E-state index in [-0.39, 0.29) is 36.4 Å². The molecule has 45 heavy (non-hydrogen) atoms. The Bertz CT molecular complexity index is 1510. The van der Waals surface area contributed by atoms with E-state index in [0.29, 0.717) is 49.0 Å². The number of hydrogen-bond acceptors (Lipinski definition) is 7. The van der Waals surface area contributed by atoms with Gasteiger partial charge in [-0.15, -0.1) is 0 Å². The summed E-state index contributed by atoms with van der Waals surface area (Å²) in [5.74, 6) is -1.96. The molecule has 5 rings (SSSR count). The summed E-state index contributed by atoms with van der Waals surface area (Å²) in [5.41, 5.74) is 0.200. The number of aryl methyl sites for hydroxylation is 1. The normalized spacial score (nSPS) is 24.0. The number of halogens is 4. The number of nitrogens with zero attached hydrogens (tertiary/aromatic N) is 6. The van der Waals surface area contributed by atoms with Gasteiger partial charge in [0.15, 0.2) is 0 Å². The van der Waals surface area contributed by atoms with E-state index in [1.807, 2.05) is 16.8 Å². The summed E-state index contributed by atoms with van der Waals surface area (Å²) in [6, 6.07) is 5.43. The van der Waals surface area contributed by atoms with Crippen molar-refractivity contribution in [2.75, 3.05) is 61.5 Å². The number of carbonyl (C=O) groups is 3. The van der Waals surface area contributed by atoms with Crippen molar-refractivity contribution in [2.45, 2.75) is 44.1 Å². The van der Waals surface area contributed by atoms with Gasteiger partial charge in [-0.2, -0.15) is 13.2 Å². The van der Waals surface area contributed by atoms with Crippen molar-refractivity contribution in [2.24, 2.45) is 5.92 Å². The van der Waals surface area contributed by atoms with E-state index in [9.17, 15) is 32.7 Å². The fraction of sp³-hybridized carbons (Fsp3) is 0.484. The number of benzene rings is 1. The van der Waals surface area contributed by atoms with Gasteiger partial charge in [0.2, 0.25) is 17.7 Å². The number of likely N-dealkylation sites (tertiary alicyclic amines) is 1. The number of rotatable bonds is 6. The number of likely N-dealkylation sites (N-methyl/N-ethyl adjacent to an activating group) is 2. The number of aliphatic hydroxyl groups excluding tert-OH is 1. The number of amides is 3. The molecule has 2 fully saturated rings. The number of hydrogen-bond donors (Lipinski definition) is 1. The molecule has 3 aliphatic heterocycles. The van der Waals surface area contributed by atoms with Crippen LogP contribution in [-0.4, -0.2) is 103 Å². The van der Waals surface area contributed by atoms with Crippen LogP contribution in [0.1, 0.15) is 24.1 Å². The highest BCUT2D eigenvalue weighted by Gasteiger charge is 2.49. The average Bonchev–Trinajstić information content (AvgIpc) is 3.31. The molecule has 0 bridgehead atoms. The SMILES string of the molecule is C=CC(=O)N1CC[C@@H](O)[C@H](N(C)CCN2C[C@H]3CC(=O)N(c4cc(C(F)(F)F)cc(C)n4)[C@@H]3C(=O)N(C)c3cccc(Cl)c32)C1. The summed E-state index contributed by atoms with van der Waals surface area (Å²) in [4.78, 5) is 52.1. The Morgan fingerprint density at radius 3 is 2.67 bits per heavy atom. The number of fused-ring (bicyclic) bond motifs is 2. The van der Waals surface area contributed by atoms with Crippen LogP contribution in [0, 0.1) is 12.8 Å². The third-order valence-corrected chi connectivity index (χ3v) is 9.25. The van der Waals surface area contributed by atoms with E-state index in [1.54, 1.807) is 30.1 Å². The summed E-state index contributed by atoms with van der Waals surface area (Å²) < 4.78 is 41.1. The zero-order chi connectivity index (χ0) is 32.8. The van der Waals surface area contributed by atoms with Crippen LogP contribution in [0.5, 0.6) is 0 Å². The summed E-state index contributed by atoms with van der Waals surface area (Å²) in [6.07, 6.45) is -3.71. The minimum Gasteiger partial charge on any atom is -0.391 e. The second-order valence-corrected chi connectivity index (χ2v) is 12.3.